The average molecular weight is 350 g/mol. The van der Waals surface area contributed by atoms with Crippen molar-refractivity contribution in [2.75, 3.05) is 24.6 Å². The molecule has 0 aliphatic rings. The van der Waals surface area contributed by atoms with Crippen LogP contribution >= 0.6 is 0 Å². The van der Waals surface area contributed by atoms with Crippen molar-refractivity contribution in [2.45, 2.75) is 12.5 Å². The van der Waals surface area contributed by atoms with E-state index in [1.54, 1.807) is 13.2 Å². The molecule has 3 rings (SSSR count). The molecule has 134 valence electrons. The van der Waals surface area contributed by atoms with Gasteiger partial charge in [0.15, 0.2) is 5.82 Å². The number of aromatic nitrogens is 2. The number of hydrogen-bond acceptors (Lipinski definition) is 7. The highest BCUT2D eigenvalue weighted by molar-refractivity contribution is 5.79. The Hall–Kier alpha value is -3.19. The standard InChI is InChI=1S/C19H22N6O/c1-22-11-14(9-20)16-8-17(26)18(21)19(25-16)24-10-12-4-5-15-13(7-12)3-2-6-23-15/h2-9,14,20,22H,10-11,21H2,1H3,(H2,24,25,26). The number of nitrogen functional groups attached to an aromatic ring is 1. The van der Waals surface area contributed by atoms with Crippen LogP contribution in [0.2, 0.25) is 0 Å². The van der Waals surface area contributed by atoms with Gasteiger partial charge in [-0.2, -0.15) is 0 Å². The van der Waals surface area contributed by atoms with Crippen molar-refractivity contribution in [3.05, 3.63) is 53.9 Å². The number of hydrogen-bond donors (Lipinski definition) is 5. The van der Waals surface area contributed by atoms with Gasteiger partial charge in [-0.25, -0.2) is 4.98 Å². The van der Waals surface area contributed by atoms with Gasteiger partial charge in [0, 0.05) is 42.9 Å². The van der Waals surface area contributed by atoms with Crippen molar-refractivity contribution < 1.29 is 5.11 Å². The van der Waals surface area contributed by atoms with Gasteiger partial charge in [0.05, 0.1) is 11.2 Å². The molecular formula is C19H22N6O. The first-order valence-electron chi connectivity index (χ1n) is 8.34. The Morgan fingerprint density at radius 3 is 2.92 bits per heavy atom. The summed E-state index contributed by atoms with van der Waals surface area (Å²) < 4.78 is 0. The number of nitrogens with two attached hydrogens (primary N) is 1. The maximum Gasteiger partial charge on any atom is 0.153 e. The molecule has 0 saturated carbocycles. The fourth-order valence-electron chi connectivity index (χ4n) is 2.78. The Balaban J connectivity index is 1.83. The van der Waals surface area contributed by atoms with Crippen LogP contribution in [0, 0.1) is 5.41 Å². The number of fused-ring (bicyclic) bond motifs is 1. The van der Waals surface area contributed by atoms with Crippen molar-refractivity contribution >= 4 is 28.6 Å². The molecule has 0 aliphatic carbocycles. The zero-order chi connectivity index (χ0) is 18.5. The third-order valence-corrected chi connectivity index (χ3v) is 4.19. The first kappa shape index (κ1) is 17.6. The molecule has 7 nitrogen and oxygen atoms in total. The molecule has 7 heteroatoms. The van der Waals surface area contributed by atoms with Crippen LogP contribution in [-0.4, -0.2) is 34.9 Å². The van der Waals surface area contributed by atoms with Crippen LogP contribution in [0.15, 0.2) is 42.6 Å². The summed E-state index contributed by atoms with van der Waals surface area (Å²) in [4.78, 5) is 8.81. The summed E-state index contributed by atoms with van der Waals surface area (Å²) in [6.45, 7) is 1.06. The van der Waals surface area contributed by atoms with Crippen LogP contribution in [0.1, 0.15) is 17.2 Å². The van der Waals surface area contributed by atoms with E-state index in [1.165, 1.54) is 12.3 Å². The zero-order valence-electron chi connectivity index (χ0n) is 14.5. The van der Waals surface area contributed by atoms with E-state index in [-0.39, 0.29) is 17.4 Å². The van der Waals surface area contributed by atoms with E-state index in [0.717, 1.165) is 16.5 Å². The van der Waals surface area contributed by atoms with Gasteiger partial charge in [0.2, 0.25) is 0 Å². The fourth-order valence-corrected chi connectivity index (χ4v) is 2.78. The normalized spacial score (nSPS) is 12.0. The van der Waals surface area contributed by atoms with Gasteiger partial charge in [0.1, 0.15) is 11.4 Å². The van der Waals surface area contributed by atoms with Gasteiger partial charge >= 0.3 is 0 Å². The molecule has 6 N–H and O–H groups in total. The lowest BCUT2D eigenvalue weighted by molar-refractivity contribution is 0.476. The van der Waals surface area contributed by atoms with Crippen molar-refractivity contribution in [3.8, 4) is 5.75 Å². The molecule has 1 aromatic carbocycles. The minimum absolute atomic E-state index is 0.0387. The number of nitrogens with zero attached hydrogens (tertiary/aromatic N) is 2. The highest BCUT2D eigenvalue weighted by atomic mass is 16.3. The summed E-state index contributed by atoms with van der Waals surface area (Å²) in [7, 11) is 1.81. The molecule has 0 amide bonds. The number of likely N-dealkylation sites (N-methyl/N-ethyl adjacent to an activating group) is 1. The van der Waals surface area contributed by atoms with E-state index >= 15 is 0 Å². The summed E-state index contributed by atoms with van der Waals surface area (Å²) in [6.07, 6.45) is 3.07. The largest absolute Gasteiger partial charge is 0.506 e. The molecule has 2 heterocycles. The predicted molar refractivity (Wildman–Crippen MR) is 105 cm³/mol. The molecule has 0 radical (unpaired) electrons. The lowest BCUT2D eigenvalue weighted by atomic mass is 10.1. The molecular weight excluding hydrogens is 328 g/mol. The predicted octanol–water partition coefficient (Wildman–Crippen LogP) is 2.48. The minimum atomic E-state index is -0.237. The minimum Gasteiger partial charge on any atom is -0.506 e. The van der Waals surface area contributed by atoms with Gasteiger partial charge in [-0.1, -0.05) is 12.1 Å². The van der Waals surface area contributed by atoms with Crippen LogP contribution in [0.3, 0.4) is 0 Å². The van der Waals surface area contributed by atoms with Gasteiger partial charge in [-0.05, 0) is 30.8 Å². The molecule has 0 fully saturated rings. The van der Waals surface area contributed by atoms with Gasteiger partial charge in [-0.15, -0.1) is 0 Å². The Labute approximate surface area is 151 Å². The van der Waals surface area contributed by atoms with Crippen molar-refractivity contribution in [3.63, 3.8) is 0 Å². The average Bonchev–Trinajstić information content (AvgIpc) is 2.67. The van der Waals surface area contributed by atoms with E-state index in [4.69, 9.17) is 11.1 Å². The van der Waals surface area contributed by atoms with Crippen LogP contribution in [0.25, 0.3) is 10.9 Å². The Kier molecular flexibility index (Phi) is 5.28. The van der Waals surface area contributed by atoms with Crippen molar-refractivity contribution in [1.82, 2.24) is 15.3 Å². The number of rotatable bonds is 7. The first-order chi connectivity index (χ1) is 12.6. The molecule has 0 aliphatic heterocycles. The van der Waals surface area contributed by atoms with Crippen molar-refractivity contribution in [2.24, 2.45) is 0 Å². The highest BCUT2D eigenvalue weighted by Crippen LogP contribution is 2.30. The van der Waals surface area contributed by atoms with E-state index < -0.39 is 0 Å². The number of pyridine rings is 2. The van der Waals surface area contributed by atoms with E-state index in [2.05, 4.69) is 26.7 Å². The number of nitrogens with one attached hydrogen (secondary N) is 3. The second-order valence-corrected chi connectivity index (χ2v) is 6.04. The molecule has 1 unspecified atom stereocenters. The van der Waals surface area contributed by atoms with E-state index in [1.807, 2.05) is 24.3 Å². The fraction of sp³-hybridized carbons (Fsp3) is 0.211. The van der Waals surface area contributed by atoms with Crippen LogP contribution in [-0.2, 0) is 6.54 Å². The van der Waals surface area contributed by atoms with Gasteiger partial charge in [-0.3, -0.25) is 4.98 Å². The number of aromatic hydroxyl groups is 1. The van der Waals surface area contributed by atoms with E-state index in [9.17, 15) is 5.11 Å². The summed E-state index contributed by atoms with van der Waals surface area (Å²) >= 11 is 0. The summed E-state index contributed by atoms with van der Waals surface area (Å²) in [6, 6.07) is 11.4. The quantitative estimate of drug-likeness (QED) is 0.418. The highest BCUT2D eigenvalue weighted by Gasteiger charge is 2.15. The summed E-state index contributed by atoms with van der Waals surface area (Å²) in [5.41, 5.74) is 8.74. The monoisotopic (exact) mass is 350 g/mol. The Bertz CT molecular complexity index is 927. The smallest absolute Gasteiger partial charge is 0.153 e. The summed E-state index contributed by atoms with van der Waals surface area (Å²) in [5, 5.41) is 24.9. The van der Waals surface area contributed by atoms with Crippen molar-refractivity contribution in [1.29, 1.82) is 5.41 Å². The van der Waals surface area contributed by atoms with Gasteiger partial charge < -0.3 is 26.9 Å². The second-order valence-electron chi connectivity index (χ2n) is 6.04. The van der Waals surface area contributed by atoms with Gasteiger partial charge in [0.25, 0.3) is 0 Å². The molecule has 0 spiro atoms. The number of benzene rings is 1. The molecule has 0 bridgehead atoms. The van der Waals surface area contributed by atoms with E-state index in [0.29, 0.717) is 24.6 Å². The van der Waals surface area contributed by atoms with Crippen LogP contribution in [0.5, 0.6) is 5.75 Å². The summed E-state index contributed by atoms with van der Waals surface area (Å²) in [5.74, 6) is 0.135. The Morgan fingerprint density at radius 2 is 2.15 bits per heavy atom. The maximum absolute atomic E-state index is 10.1. The molecule has 2 aromatic heterocycles. The lowest BCUT2D eigenvalue weighted by Crippen LogP contribution is -2.19. The Morgan fingerprint density at radius 1 is 1.31 bits per heavy atom. The SMILES string of the molecule is CNCC(C=N)c1cc(O)c(N)c(NCc2ccc3ncccc3c2)n1. The zero-order valence-corrected chi connectivity index (χ0v) is 14.5. The third-order valence-electron chi connectivity index (χ3n) is 4.19. The molecule has 1 atom stereocenters. The lowest BCUT2D eigenvalue weighted by Gasteiger charge is -2.16. The molecule has 3 aromatic rings. The third kappa shape index (κ3) is 3.73. The molecule has 26 heavy (non-hydrogen) atoms. The topological polar surface area (TPSA) is 120 Å². The van der Waals surface area contributed by atoms with Crippen LogP contribution < -0.4 is 16.4 Å². The first-order valence-corrected chi connectivity index (χ1v) is 8.34. The maximum atomic E-state index is 10.1. The molecule has 0 saturated heterocycles. The van der Waals surface area contributed by atoms with Crippen LogP contribution in [0.4, 0.5) is 11.5 Å². The number of anilines is 2. The second kappa shape index (κ2) is 7.79.